The van der Waals surface area contributed by atoms with E-state index in [1.54, 1.807) is 0 Å². The van der Waals surface area contributed by atoms with Crippen LogP contribution >= 0.6 is 0 Å². The molecule has 1 unspecified atom stereocenters. The minimum absolute atomic E-state index is 0.754. The quantitative estimate of drug-likeness (QED) is 0.250. The van der Waals surface area contributed by atoms with Gasteiger partial charge in [0.15, 0.2) is 0 Å². The van der Waals surface area contributed by atoms with E-state index in [4.69, 9.17) is 4.55 Å². The zero-order chi connectivity index (χ0) is 7.12. The van der Waals surface area contributed by atoms with Gasteiger partial charge < -0.3 is 0 Å². The summed E-state index contributed by atoms with van der Waals surface area (Å²) in [4.78, 5) is 8.08. The van der Waals surface area contributed by atoms with Crippen molar-refractivity contribution in [2.45, 2.75) is 4.76 Å². The van der Waals surface area contributed by atoms with E-state index in [9.17, 15) is 8.42 Å². The van der Waals surface area contributed by atoms with Gasteiger partial charge in [-0.15, -0.1) is 0 Å². The Hall–Kier alpha value is 0.348. The maximum absolute atomic E-state index is 9.87. The molecule has 1 atom stereocenters. The Labute approximate surface area is 59.5 Å². The van der Waals surface area contributed by atoms with Crippen LogP contribution in [0, 0.1) is 0 Å². The molecule has 9 heavy (non-hydrogen) atoms. The molecule has 8 heteroatoms. The summed E-state index contributed by atoms with van der Waals surface area (Å²) in [6.45, 7) is 0. The third-order valence-electron chi connectivity index (χ3n) is 0.469. The second kappa shape index (κ2) is 1.91. The summed E-state index contributed by atoms with van der Waals surface area (Å²) < 4.78 is 30.0. The third-order valence-corrected chi connectivity index (χ3v) is 1.92. The van der Waals surface area contributed by atoms with Crippen LogP contribution in [-0.2, 0) is 24.4 Å². The average molecular weight is 218 g/mol. The molecule has 0 saturated carbocycles. The van der Waals surface area contributed by atoms with Gasteiger partial charge in [-0.2, -0.15) is 0 Å². The van der Waals surface area contributed by atoms with E-state index < -0.39 is 15.2 Å². The molecule has 1 N–H and O–H groups in total. The molecule has 54 valence electrons. The van der Waals surface area contributed by atoms with Crippen molar-refractivity contribution in [2.24, 2.45) is 0 Å². The van der Waals surface area contributed by atoms with E-state index in [1.165, 1.54) is 0 Å². The molecule has 0 aromatic carbocycles. The van der Waals surface area contributed by atoms with Gasteiger partial charge in [0.1, 0.15) is 0 Å². The van der Waals surface area contributed by atoms with E-state index in [0.717, 1.165) is 16.9 Å². The Morgan fingerprint density at radius 1 is 1.56 bits per heavy atom. The van der Waals surface area contributed by atoms with Gasteiger partial charge in [-0.3, -0.25) is 0 Å². The zero-order valence-electron chi connectivity index (χ0n) is 3.97. The van der Waals surface area contributed by atoms with Crippen LogP contribution in [0.25, 0.3) is 0 Å². The first-order chi connectivity index (χ1) is 3.91. The zero-order valence-corrected chi connectivity index (χ0v) is 7.21. The Kier molecular flexibility index (Phi) is 1.59. The van der Waals surface area contributed by atoms with Crippen molar-refractivity contribution in [3.8, 4) is 0 Å². The van der Waals surface area contributed by atoms with Crippen LogP contribution in [0.15, 0.2) is 0 Å². The fourth-order valence-electron chi connectivity index (χ4n) is 0.216. The number of hydrogen-bond acceptors (Lipinski definition) is 5. The summed E-state index contributed by atoms with van der Waals surface area (Å²) in [5, 5.41) is 0. The van der Waals surface area contributed by atoms with E-state index in [-0.39, 0.29) is 0 Å². The number of rotatable bonds is 2. The standard InChI is InChI=1S/CH3AsO6S/c2-1(6-7-1)8-9(3,4)5/h2H2,(H,3,4,5). The first-order valence-electron chi connectivity index (χ1n) is 1.75. The van der Waals surface area contributed by atoms with Crippen molar-refractivity contribution >= 4 is 27.3 Å². The Bertz CT molecular complexity index is 201. The molecule has 1 rings (SSSR count). The third kappa shape index (κ3) is 2.61. The second-order valence-electron chi connectivity index (χ2n) is 1.28. The van der Waals surface area contributed by atoms with Gasteiger partial charge >= 0.3 is 58.9 Å². The molecule has 6 nitrogen and oxygen atoms in total. The van der Waals surface area contributed by atoms with E-state index in [1.807, 2.05) is 0 Å². The van der Waals surface area contributed by atoms with E-state index in [0.29, 0.717) is 0 Å². The van der Waals surface area contributed by atoms with E-state index in [2.05, 4.69) is 14.0 Å². The van der Waals surface area contributed by atoms with Gasteiger partial charge in [-0.25, -0.2) is 0 Å². The molecule has 0 spiro atoms. The molecule has 1 saturated heterocycles. The molecule has 0 aromatic rings. The average Bonchev–Trinajstić information content (AvgIpc) is 2.12. The summed E-state index contributed by atoms with van der Waals surface area (Å²) in [7, 11) is -4.45. The summed E-state index contributed by atoms with van der Waals surface area (Å²) in [5.74, 6) is 0. The number of hydrogen-bond donors (Lipinski definition) is 1. The Morgan fingerprint density at radius 3 is 2.11 bits per heavy atom. The Balaban J connectivity index is 2.53. The molecule has 0 amide bonds. The molecule has 0 radical (unpaired) electrons. The van der Waals surface area contributed by atoms with Crippen molar-refractivity contribution in [1.82, 2.24) is 0 Å². The predicted octanol–water partition coefficient (Wildman–Crippen LogP) is -1.99. The fourth-order valence-corrected chi connectivity index (χ4v) is 1.43. The van der Waals surface area contributed by atoms with Crippen molar-refractivity contribution in [3.05, 3.63) is 0 Å². The van der Waals surface area contributed by atoms with Crippen LogP contribution in [-0.4, -0.2) is 34.6 Å². The van der Waals surface area contributed by atoms with Gasteiger partial charge in [0.2, 0.25) is 0 Å². The van der Waals surface area contributed by atoms with Crippen molar-refractivity contribution < 1.29 is 26.9 Å². The van der Waals surface area contributed by atoms with Gasteiger partial charge in [-0.1, -0.05) is 0 Å². The van der Waals surface area contributed by atoms with Crippen LogP contribution in [0.3, 0.4) is 0 Å². The van der Waals surface area contributed by atoms with Crippen molar-refractivity contribution in [1.29, 1.82) is 0 Å². The minimum atomic E-state index is -4.45. The van der Waals surface area contributed by atoms with Crippen LogP contribution in [0.1, 0.15) is 0 Å². The van der Waals surface area contributed by atoms with Crippen LogP contribution in [0.5, 0.6) is 0 Å². The van der Waals surface area contributed by atoms with Crippen molar-refractivity contribution in [3.63, 3.8) is 0 Å². The normalized spacial score (nSPS) is 23.8. The summed E-state index contributed by atoms with van der Waals surface area (Å²) >= 11 is 0.754. The molecule has 1 fully saturated rings. The fraction of sp³-hybridized carbons (Fsp3) is 1.00. The Morgan fingerprint density at radius 2 is 2.00 bits per heavy atom. The first kappa shape index (κ1) is 7.46. The maximum atomic E-state index is 9.87. The van der Waals surface area contributed by atoms with Crippen LogP contribution in [0.4, 0.5) is 0 Å². The van der Waals surface area contributed by atoms with Gasteiger partial charge in [-0.05, 0) is 0 Å². The summed E-state index contributed by atoms with van der Waals surface area (Å²) in [6, 6.07) is 0. The molecule has 0 aliphatic carbocycles. The topological polar surface area (TPSA) is 88.7 Å². The first-order valence-corrected chi connectivity index (χ1v) is 4.33. The molecule has 0 aromatic heterocycles. The monoisotopic (exact) mass is 218 g/mol. The van der Waals surface area contributed by atoms with E-state index >= 15 is 0 Å². The molecule has 1 aliphatic heterocycles. The van der Waals surface area contributed by atoms with Gasteiger partial charge in [0.05, 0.1) is 0 Å². The molecule has 1 heterocycles. The molecular formula is CH3AsO6S. The summed E-state index contributed by atoms with van der Waals surface area (Å²) in [5.41, 5.74) is 0. The summed E-state index contributed by atoms with van der Waals surface area (Å²) in [6.07, 6.45) is 0. The van der Waals surface area contributed by atoms with Crippen LogP contribution < -0.4 is 0 Å². The molecule has 1 aliphatic rings. The molecular weight excluding hydrogens is 215 g/mol. The SMILES string of the molecule is O=S(=O)(O)OC1([AsH2])OO1. The van der Waals surface area contributed by atoms with Crippen LogP contribution in [0.2, 0.25) is 0 Å². The van der Waals surface area contributed by atoms with Crippen molar-refractivity contribution in [2.75, 3.05) is 0 Å². The molecule has 0 bridgehead atoms. The second-order valence-corrected chi connectivity index (χ2v) is 3.79. The predicted molar refractivity (Wildman–Crippen MR) is 26.1 cm³/mol. The van der Waals surface area contributed by atoms with Gasteiger partial charge in [0, 0.05) is 0 Å². The van der Waals surface area contributed by atoms with Gasteiger partial charge in [0.25, 0.3) is 0 Å².